The van der Waals surface area contributed by atoms with Crippen molar-refractivity contribution in [2.24, 2.45) is 0 Å². The lowest BCUT2D eigenvalue weighted by Gasteiger charge is -2.49. The molecule has 0 unspecified atom stereocenters. The molecule has 0 aromatic heterocycles. The Hall–Kier alpha value is -1.37. The van der Waals surface area contributed by atoms with Crippen molar-refractivity contribution in [3.63, 3.8) is 0 Å². The predicted octanol–water partition coefficient (Wildman–Crippen LogP) is -2.96. The summed E-state index contributed by atoms with van der Waals surface area (Å²) in [5.74, 6) is -0.0756. The molecule has 4 aliphatic rings. The molecule has 400 valence electrons. The van der Waals surface area contributed by atoms with Crippen molar-refractivity contribution >= 4 is 5.91 Å². The summed E-state index contributed by atoms with van der Waals surface area (Å²) in [5, 5.41) is 139. The summed E-state index contributed by atoms with van der Waals surface area (Å²) in [7, 11) is 0. The van der Waals surface area contributed by atoms with Crippen LogP contribution >= 0.6 is 0 Å². The fourth-order valence-electron chi connectivity index (χ4n) is 8.91. The van der Waals surface area contributed by atoms with Crippen molar-refractivity contribution < 1.29 is 109 Å². The molecule has 0 radical (unpaired) electrons. The van der Waals surface area contributed by atoms with Crippen LogP contribution in [0, 0.1) is 0 Å². The highest BCUT2D eigenvalue weighted by atomic mass is 16.8. The standard InChI is InChI=1S/C45H83NO22/c1-2-3-4-5-6-7-8-9-10-11-12-13-14-15-16-18-29(51)46-19-17-20-61-42-36(58)32(54)39(26(22-48)63-42)67-44-38(60)34(56)41(28(24-50)65-44)68-45-37(59)33(55)40(27(23-49)64-45)66-43-35(57)31(53)30(52)25(21-47)62-43/h25-28,30-45,47-50,52-60H,2-24H2,1H3,(H,46,51)/t25-,26-,27-,28-,30-,31+,32-,33-,34-,35-,36-,37-,38-,39-,40-,41-,42-,43-,44-,45-/m1/s1. The monoisotopic (exact) mass is 990 g/mol. The van der Waals surface area contributed by atoms with E-state index in [1.165, 1.54) is 77.0 Å². The Labute approximate surface area is 398 Å². The van der Waals surface area contributed by atoms with E-state index in [2.05, 4.69) is 12.2 Å². The van der Waals surface area contributed by atoms with E-state index in [-0.39, 0.29) is 12.5 Å². The number of rotatable bonds is 31. The highest BCUT2D eigenvalue weighted by Gasteiger charge is 2.55. The van der Waals surface area contributed by atoms with Gasteiger partial charge in [0, 0.05) is 13.0 Å². The van der Waals surface area contributed by atoms with Crippen LogP contribution in [0.25, 0.3) is 0 Å². The van der Waals surface area contributed by atoms with E-state index in [9.17, 15) is 71.2 Å². The molecule has 0 saturated carbocycles. The van der Waals surface area contributed by atoms with E-state index < -0.39 is 149 Å². The number of carbonyl (C=O) groups is 1. The third-order valence-corrected chi connectivity index (χ3v) is 13.1. The zero-order valence-corrected chi connectivity index (χ0v) is 39.3. The number of ether oxygens (including phenoxy) is 8. The maximum atomic E-state index is 12.3. The number of hydrogen-bond acceptors (Lipinski definition) is 22. The third kappa shape index (κ3) is 17.1. The van der Waals surface area contributed by atoms with E-state index in [0.29, 0.717) is 19.4 Å². The molecule has 0 bridgehead atoms. The molecule has 4 saturated heterocycles. The minimum absolute atomic E-state index is 0.00891. The Morgan fingerprint density at radius 3 is 1.15 bits per heavy atom. The fourth-order valence-corrected chi connectivity index (χ4v) is 8.91. The summed E-state index contributed by atoms with van der Waals surface area (Å²) in [4.78, 5) is 12.3. The second-order valence-electron chi connectivity index (χ2n) is 18.4. The molecule has 4 rings (SSSR count). The van der Waals surface area contributed by atoms with Crippen LogP contribution in [0.1, 0.15) is 116 Å². The van der Waals surface area contributed by atoms with Crippen LogP contribution in [0.5, 0.6) is 0 Å². The summed E-state index contributed by atoms with van der Waals surface area (Å²) in [6.07, 6.45) is -15.4. The highest BCUT2D eigenvalue weighted by Crippen LogP contribution is 2.34. The summed E-state index contributed by atoms with van der Waals surface area (Å²) in [6, 6.07) is 0. The topological polar surface area (TPSA) is 366 Å². The first-order chi connectivity index (χ1) is 32.7. The average molecular weight is 990 g/mol. The van der Waals surface area contributed by atoms with Crippen molar-refractivity contribution in [3.8, 4) is 0 Å². The Bertz CT molecular complexity index is 1350. The lowest BCUT2D eigenvalue weighted by Crippen LogP contribution is -2.67. The molecule has 0 aromatic carbocycles. The number of unbranched alkanes of at least 4 members (excludes halogenated alkanes) is 14. The summed E-state index contributed by atoms with van der Waals surface area (Å²) >= 11 is 0. The second-order valence-corrected chi connectivity index (χ2v) is 18.4. The Morgan fingerprint density at radius 1 is 0.412 bits per heavy atom. The number of nitrogens with one attached hydrogen (secondary N) is 1. The lowest BCUT2D eigenvalue weighted by atomic mass is 9.95. The summed E-state index contributed by atoms with van der Waals surface area (Å²) < 4.78 is 44.8. The molecule has 20 atom stereocenters. The van der Waals surface area contributed by atoms with Gasteiger partial charge in [-0.2, -0.15) is 0 Å². The van der Waals surface area contributed by atoms with E-state index >= 15 is 0 Å². The van der Waals surface area contributed by atoms with Gasteiger partial charge in [0.25, 0.3) is 0 Å². The molecular formula is C45H83NO22. The molecule has 0 aliphatic carbocycles. The Balaban J connectivity index is 1.15. The van der Waals surface area contributed by atoms with Gasteiger partial charge in [0.15, 0.2) is 25.2 Å². The second kappa shape index (κ2) is 31.3. The number of carbonyl (C=O) groups excluding carboxylic acids is 1. The predicted molar refractivity (Wildman–Crippen MR) is 235 cm³/mol. The van der Waals surface area contributed by atoms with Gasteiger partial charge in [0.2, 0.25) is 5.91 Å². The first-order valence-corrected chi connectivity index (χ1v) is 24.7. The molecular weight excluding hydrogens is 906 g/mol. The largest absolute Gasteiger partial charge is 0.394 e. The molecule has 4 fully saturated rings. The van der Waals surface area contributed by atoms with Gasteiger partial charge in [0.05, 0.1) is 33.0 Å². The Morgan fingerprint density at radius 2 is 0.750 bits per heavy atom. The van der Waals surface area contributed by atoms with Gasteiger partial charge in [-0.05, 0) is 12.8 Å². The van der Waals surface area contributed by atoms with Crippen LogP contribution in [0.3, 0.4) is 0 Å². The normalized spacial score (nSPS) is 39.0. The maximum absolute atomic E-state index is 12.3. The molecule has 23 nitrogen and oxygen atoms in total. The van der Waals surface area contributed by atoms with Crippen LogP contribution in [-0.4, -0.2) is 235 Å². The minimum atomic E-state index is -2.03. The van der Waals surface area contributed by atoms with Crippen molar-refractivity contribution in [2.45, 2.75) is 239 Å². The van der Waals surface area contributed by atoms with Crippen molar-refractivity contribution in [3.05, 3.63) is 0 Å². The summed E-state index contributed by atoms with van der Waals surface area (Å²) in [5.41, 5.74) is 0. The van der Waals surface area contributed by atoms with Gasteiger partial charge < -0.3 is 110 Å². The van der Waals surface area contributed by atoms with Gasteiger partial charge in [-0.25, -0.2) is 0 Å². The van der Waals surface area contributed by atoms with Gasteiger partial charge in [-0.3, -0.25) is 4.79 Å². The first kappa shape index (κ1) is 59.2. The number of aliphatic hydroxyl groups excluding tert-OH is 13. The number of aliphatic hydroxyl groups is 13. The quantitative estimate of drug-likeness (QED) is 0.0309. The molecule has 68 heavy (non-hydrogen) atoms. The van der Waals surface area contributed by atoms with Crippen molar-refractivity contribution in [1.29, 1.82) is 0 Å². The lowest BCUT2D eigenvalue weighted by molar-refractivity contribution is -0.388. The molecule has 0 aromatic rings. The Kier molecular flexibility index (Phi) is 27.2. The number of amides is 1. The van der Waals surface area contributed by atoms with Crippen LogP contribution in [0.15, 0.2) is 0 Å². The van der Waals surface area contributed by atoms with Crippen molar-refractivity contribution in [1.82, 2.24) is 5.32 Å². The van der Waals surface area contributed by atoms with E-state index in [1.807, 2.05) is 0 Å². The molecule has 0 spiro atoms. The molecule has 4 aliphatic heterocycles. The van der Waals surface area contributed by atoms with Gasteiger partial charge >= 0.3 is 0 Å². The molecule has 23 heteroatoms. The minimum Gasteiger partial charge on any atom is -0.394 e. The first-order valence-electron chi connectivity index (χ1n) is 24.7. The zero-order chi connectivity index (χ0) is 49.8. The molecule has 4 heterocycles. The zero-order valence-electron chi connectivity index (χ0n) is 39.3. The van der Waals surface area contributed by atoms with E-state index in [0.717, 1.165) is 19.3 Å². The van der Waals surface area contributed by atoms with E-state index in [4.69, 9.17) is 37.9 Å². The number of hydrogen-bond donors (Lipinski definition) is 14. The average Bonchev–Trinajstić information content (AvgIpc) is 3.33. The molecule has 1 amide bonds. The van der Waals surface area contributed by atoms with Crippen LogP contribution in [-0.2, 0) is 42.7 Å². The highest BCUT2D eigenvalue weighted by molar-refractivity contribution is 5.75. The van der Waals surface area contributed by atoms with Crippen molar-refractivity contribution in [2.75, 3.05) is 39.6 Å². The van der Waals surface area contributed by atoms with Gasteiger partial charge in [0.1, 0.15) is 97.7 Å². The van der Waals surface area contributed by atoms with Gasteiger partial charge in [-0.15, -0.1) is 0 Å². The molecule has 14 N–H and O–H groups in total. The SMILES string of the molecule is CCCCCCCCCCCCCCCCCC(=O)NCCCO[C@@H]1O[C@H](CO)[C@@H](O[C@H]2O[C@H](CO)[C@@H](O[C@H]3O[C@H](CO)[C@@H](O[C@H]4O[C@H](CO)[C@@H](O)[C@H](O)[C@H]4O)[C@H](O)[C@H]3O)[C@H](O)[C@H]2O)[C@H](O)[C@H]1O. The smallest absolute Gasteiger partial charge is 0.219 e. The van der Waals surface area contributed by atoms with E-state index in [1.54, 1.807) is 0 Å². The van der Waals surface area contributed by atoms with Crippen LogP contribution in [0.4, 0.5) is 0 Å². The summed E-state index contributed by atoms with van der Waals surface area (Å²) in [6.45, 7) is -0.816. The fraction of sp³-hybridized carbons (Fsp3) is 0.978. The maximum Gasteiger partial charge on any atom is 0.219 e. The third-order valence-electron chi connectivity index (χ3n) is 13.1. The van der Waals surface area contributed by atoms with Gasteiger partial charge in [-0.1, -0.05) is 96.8 Å². The van der Waals surface area contributed by atoms with Crippen LogP contribution in [0.2, 0.25) is 0 Å². The van der Waals surface area contributed by atoms with Crippen LogP contribution < -0.4 is 5.32 Å².